The second-order valence-corrected chi connectivity index (χ2v) is 9.63. The first kappa shape index (κ1) is 18.6. The van der Waals surface area contributed by atoms with Crippen LogP contribution in [-0.2, 0) is 17.0 Å². The smallest absolute Gasteiger partial charge is 0.257 e. The van der Waals surface area contributed by atoms with Crippen LogP contribution in [0.15, 0.2) is 65.3 Å². The van der Waals surface area contributed by atoms with E-state index in [-0.39, 0.29) is 24.9 Å². The van der Waals surface area contributed by atoms with Crippen LogP contribution < -0.4 is 0 Å². The Morgan fingerprint density at radius 3 is 2.62 bits per heavy atom. The van der Waals surface area contributed by atoms with Gasteiger partial charge in [0, 0.05) is 37.8 Å². The third-order valence-corrected chi connectivity index (χ3v) is 6.82. The van der Waals surface area contributed by atoms with E-state index in [0.29, 0.717) is 31.9 Å². The molecule has 1 unspecified atom stereocenters. The minimum Gasteiger partial charge on any atom is -0.396 e. The average molecular weight is 543 g/mol. The first-order valence-corrected chi connectivity index (χ1v) is 11.7. The molecule has 3 aromatic rings. The van der Waals surface area contributed by atoms with E-state index in [2.05, 4.69) is 20.9 Å². The third-order valence-electron chi connectivity index (χ3n) is 6.07. The number of hydrogen-bond donors (Lipinski definition) is 1. The number of benzene rings is 2. The maximum absolute atomic E-state index is 14.0. The van der Waals surface area contributed by atoms with Crippen molar-refractivity contribution < 1.29 is 20.1 Å². The molecule has 0 radical (unpaired) electrons. The molecule has 1 fully saturated rings. The van der Waals surface area contributed by atoms with Crippen LogP contribution in [0.25, 0.3) is 0 Å². The van der Waals surface area contributed by atoms with Gasteiger partial charge in [-0.1, -0.05) is 45.7 Å². The second kappa shape index (κ2) is 8.79. The molecule has 1 aliphatic carbocycles. The van der Waals surface area contributed by atoms with Crippen molar-refractivity contribution in [2.45, 2.75) is 25.1 Å². The topological polar surface area (TPSA) is 86.5 Å². The highest BCUT2D eigenvalue weighted by Crippen LogP contribution is 2.51. The summed E-state index contributed by atoms with van der Waals surface area (Å²) in [4.78, 5) is 19.6. The van der Waals surface area contributed by atoms with Crippen molar-refractivity contribution in [2.75, 3.05) is 13.1 Å². The van der Waals surface area contributed by atoms with Crippen molar-refractivity contribution in [1.29, 1.82) is 5.26 Å². The number of hydrogen-bond acceptors (Lipinski definition) is 5. The highest BCUT2D eigenvalue weighted by Gasteiger charge is 2.54. The van der Waals surface area contributed by atoms with Gasteiger partial charge < -0.3 is 9.84 Å². The number of carbonyl (C=O) groups is 1. The summed E-state index contributed by atoms with van der Waals surface area (Å²) in [6.45, 7) is -5.70. The third kappa shape index (κ3) is 3.91. The summed E-state index contributed by atoms with van der Waals surface area (Å²) in [6.07, 6.45) is 1.49. The minimum absolute atomic E-state index is 0.0541. The molecular weight excluding hydrogens is 518 g/mol. The molecule has 1 atom stereocenters. The van der Waals surface area contributed by atoms with Crippen LogP contribution in [0.2, 0.25) is 5.02 Å². The SMILES string of the molecule is [2H]C([2H])(O)C1(C([2H])([2H])OC2(c3ccc(Cl)cc3)c3ccc(Br)cc3C(=O)N2Cc2ccc(C#N)cn2)CC1. The van der Waals surface area contributed by atoms with Crippen LogP contribution in [0, 0.1) is 16.7 Å². The van der Waals surface area contributed by atoms with Gasteiger partial charge in [-0.15, -0.1) is 0 Å². The lowest BCUT2D eigenvalue weighted by Crippen LogP contribution is -2.47. The maximum atomic E-state index is 14.0. The molecule has 2 heterocycles. The quantitative estimate of drug-likeness (QED) is 0.453. The summed E-state index contributed by atoms with van der Waals surface area (Å²) in [6, 6.07) is 16.6. The Kier molecular flexibility index (Phi) is 4.80. The summed E-state index contributed by atoms with van der Waals surface area (Å²) < 4.78 is 40.7. The second-order valence-electron chi connectivity index (χ2n) is 8.28. The monoisotopic (exact) mass is 541 g/mol. The lowest BCUT2D eigenvalue weighted by atomic mass is 9.93. The van der Waals surface area contributed by atoms with Gasteiger partial charge in [0.2, 0.25) is 0 Å². The van der Waals surface area contributed by atoms with E-state index in [1.807, 2.05) is 6.07 Å². The van der Waals surface area contributed by atoms with Gasteiger partial charge in [-0.25, -0.2) is 0 Å². The van der Waals surface area contributed by atoms with Crippen LogP contribution in [0.3, 0.4) is 0 Å². The van der Waals surface area contributed by atoms with Gasteiger partial charge in [0.25, 0.3) is 5.91 Å². The number of ether oxygens (including phenoxy) is 1. The molecule has 2 aliphatic rings. The Bertz CT molecular complexity index is 1450. The molecular formula is C26H21BrClN3O3. The van der Waals surface area contributed by atoms with Crippen molar-refractivity contribution in [2.24, 2.45) is 5.41 Å². The first-order chi connectivity index (χ1) is 17.8. The molecule has 6 nitrogen and oxygen atoms in total. The summed E-state index contributed by atoms with van der Waals surface area (Å²) in [5, 5.41) is 19.9. The molecule has 1 aromatic heterocycles. The van der Waals surface area contributed by atoms with Crippen LogP contribution in [-0.4, -0.2) is 34.0 Å². The van der Waals surface area contributed by atoms with E-state index >= 15 is 0 Å². The van der Waals surface area contributed by atoms with Crippen LogP contribution >= 0.6 is 27.5 Å². The zero-order valence-electron chi connectivity index (χ0n) is 21.8. The fourth-order valence-electron chi connectivity index (χ4n) is 4.04. The van der Waals surface area contributed by atoms with Crippen molar-refractivity contribution in [3.63, 3.8) is 0 Å². The molecule has 5 rings (SSSR count). The van der Waals surface area contributed by atoms with Crippen LogP contribution in [0.5, 0.6) is 0 Å². The summed E-state index contributed by atoms with van der Waals surface area (Å²) in [5.41, 5.74) is -1.95. The molecule has 1 N–H and O–H groups in total. The number of fused-ring (bicyclic) bond motifs is 1. The molecule has 8 heteroatoms. The van der Waals surface area contributed by atoms with E-state index in [1.165, 1.54) is 11.1 Å². The summed E-state index contributed by atoms with van der Waals surface area (Å²) >= 11 is 9.56. The highest BCUT2D eigenvalue weighted by atomic mass is 79.9. The number of halogens is 2. The van der Waals surface area contributed by atoms with E-state index in [0.717, 1.165) is 0 Å². The van der Waals surface area contributed by atoms with Gasteiger partial charge in [-0.05, 0) is 49.2 Å². The Morgan fingerprint density at radius 2 is 2.00 bits per heavy atom. The highest BCUT2D eigenvalue weighted by molar-refractivity contribution is 9.10. The number of pyridine rings is 1. The fraction of sp³-hybridized carbons (Fsp3) is 0.269. The van der Waals surface area contributed by atoms with Gasteiger partial charge >= 0.3 is 0 Å². The van der Waals surface area contributed by atoms with Crippen molar-refractivity contribution in [3.8, 4) is 6.07 Å². The Hall–Kier alpha value is -2.76. The zero-order valence-corrected chi connectivity index (χ0v) is 20.1. The molecule has 2 aromatic carbocycles. The predicted molar refractivity (Wildman–Crippen MR) is 130 cm³/mol. The Labute approximate surface area is 216 Å². The summed E-state index contributed by atoms with van der Waals surface area (Å²) in [5.74, 6) is -0.463. The van der Waals surface area contributed by atoms with Gasteiger partial charge in [0.05, 0.1) is 36.4 Å². The lowest BCUT2D eigenvalue weighted by Gasteiger charge is -2.40. The predicted octanol–water partition coefficient (Wildman–Crippen LogP) is 5.02. The van der Waals surface area contributed by atoms with Gasteiger partial charge in [-0.3, -0.25) is 14.7 Å². The number of nitriles is 1. The number of rotatable bonds is 7. The van der Waals surface area contributed by atoms with Crippen molar-refractivity contribution >= 4 is 33.4 Å². The van der Waals surface area contributed by atoms with E-state index in [9.17, 15) is 9.90 Å². The molecule has 172 valence electrons. The van der Waals surface area contributed by atoms with E-state index in [1.54, 1.807) is 54.6 Å². The standard InChI is InChI=1S/C26H21BrClN3O3/c27-19-4-8-23-22(11-19)24(33)31(14-21-7-1-17(12-29)13-30-21)26(23,18-2-5-20(28)6-3-18)34-16-25(15-32)9-10-25/h1-8,11,13,32H,9-10,14-16H2/i15D2,16D2. The minimum atomic E-state index is -2.87. The number of amides is 1. The molecule has 0 spiro atoms. The molecule has 1 aliphatic heterocycles. The average Bonchev–Trinajstić information content (AvgIpc) is 3.67. The van der Waals surface area contributed by atoms with Crippen molar-refractivity contribution in [1.82, 2.24) is 9.88 Å². The first-order valence-electron chi connectivity index (χ1n) is 12.5. The largest absolute Gasteiger partial charge is 0.396 e. The van der Waals surface area contributed by atoms with E-state index in [4.69, 9.17) is 27.1 Å². The molecule has 34 heavy (non-hydrogen) atoms. The normalized spacial score (nSPS) is 22.8. The molecule has 1 amide bonds. The maximum Gasteiger partial charge on any atom is 0.257 e. The number of carbonyl (C=O) groups excluding carboxylic acids is 1. The fourth-order valence-corrected chi connectivity index (χ4v) is 4.53. The lowest BCUT2D eigenvalue weighted by molar-refractivity contribution is -0.129. The van der Waals surface area contributed by atoms with Gasteiger partial charge in [0.15, 0.2) is 5.72 Å². The Balaban J connectivity index is 1.74. The molecule has 1 saturated carbocycles. The van der Waals surface area contributed by atoms with Gasteiger partial charge in [0.1, 0.15) is 6.07 Å². The van der Waals surface area contributed by atoms with Crippen LogP contribution in [0.4, 0.5) is 0 Å². The number of aliphatic hydroxyl groups is 1. The molecule has 0 saturated heterocycles. The molecule has 0 bridgehead atoms. The summed E-state index contributed by atoms with van der Waals surface area (Å²) in [7, 11) is 0. The Morgan fingerprint density at radius 1 is 1.24 bits per heavy atom. The van der Waals surface area contributed by atoms with Crippen molar-refractivity contribution in [3.05, 3.63) is 98.2 Å². The van der Waals surface area contributed by atoms with E-state index < -0.39 is 30.2 Å². The van der Waals surface area contributed by atoms with Crippen LogP contribution in [0.1, 0.15) is 51.1 Å². The zero-order chi connectivity index (χ0) is 27.5. The number of aromatic nitrogens is 1. The number of nitrogens with zero attached hydrogens (tertiary/aromatic N) is 3. The van der Waals surface area contributed by atoms with Gasteiger partial charge in [-0.2, -0.15) is 5.26 Å².